The lowest BCUT2D eigenvalue weighted by Gasteiger charge is -2.16. The fraction of sp³-hybridized carbons (Fsp3) is 0.235. The van der Waals surface area contributed by atoms with Gasteiger partial charge in [0.05, 0.1) is 16.3 Å². The van der Waals surface area contributed by atoms with E-state index in [0.717, 1.165) is 4.47 Å². The molecule has 2 aromatic carbocycles. The molecule has 1 unspecified atom stereocenters. The van der Waals surface area contributed by atoms with Gasteiger partial charge in [-0.2, -0.15) is 0 Å². The molecule has 0 bridgehead atoms. The van der Waals surface area contributed by atoms with E-state index in [1.165, 1.54) is 25.1 Å². The number of hydrogen-bond acceptors (Lipinski definition) is 5. The third-order valence-electron chi connectivity index (χ3n) is 3.46. The summed E-state index contributed by atoms with van der Waals surface area (Å²) >= 11 is 3.31. The van der Waals surface area contributed by atoms with Gasteiger partial charge in [0.1, 0.15) is 11.5 Å². The van der Waals surface area contributed by atoms with Gasteiger partial charge in [0.15, 0.2) is 15.9 Å². The van der Waals surface area contributed by atoms with Crippen LogP contribution in [0.4, 0.5) is 5.69 Å². The van der Waals surface area contributed by atoms with E-state index >= 15 is 0 Å². The molecule has 0 aliphatic carbocycles. The van der Waals surface area contributed by atoms with Crippen molar-refractivity contribution in [2.45, 2.75) is 24.8 Å². The van der Waals surface area contributed by atoms with Crippen LogP contribution in [-0.4, -0.2) is 31.3 Å². The molecule has 0 aliphatic rings. The van der Waals surface area contributed by atoms with Crippen LogP contribution in [0, 0.1) is 0 Å². The molecule has 0 radical (unpaired) electrons. The van der Waals surface area contributed by atoms with Crippen LogP contribution in [-0.2, 0) is 14.6 Å². The Bertz CT molecular complexity index is 865. The number of hydrogen-bond donors (Lipinski definition) is 2. The molecule has 0 heterocycles. The third kappa shape index (κ3) is 4.96. The second-order valence-electron chi connectivity index (χ2n) is 5.29. The maximum absolute atomic E-state index is 12.3. The van der Waals surface area contributed by atoms with Gasteiger partial charge in [0.2, 0.25) is 0 Å². The minimum Gasteiger partial charge on any atom is -0.506 e. The Morgan fingerprint density at radius 3 is 2.48 bits per heavy atom. The van der Waals surface area contributed by atoms with Crippen LogP contribution in [0.3, 0.4) is 0 Å². The zero-order valence-electron chi connectivity index (χ0n) is 13.7. The van der Waals surface area contributed by atoms with E-state index < -0.39 is 21.8 Å². The molecule has 134 valence electrons. The summed E-state index contributed by atoms with van der Waals surface area (Å²) in [7, 11) is -3.44. The number of ether oxygens (including phenoxy) is 1. The lowest BCUT2D eigenvalue weighted by molar-refractivity contribution is -0.122. The Balaban J connectivity index is 2.14. The zero-order chi connectivity index (χ0) is 18.6. The number of sulfone groups is 1. The number of aromatic hydroxyl groups is 1. The molecule has 0 saturated heterocycles. The number of benzene rings is 2. The number of halogens is 1. The van der Waals surface area contributed by atoms with Gasteiger partial charge in [0.25, 0.3) is 5.91 Å². The van der Waals surface area contributed by atoms with Gasteiger partial charge in [0, 0.05) is 4.47 Å². The highest BCUT2D eigenvalue weighted by Gasteiger charge is 2.19. The highest BCUT2D eigenvalue weighted by atomic mass is 79.9. The quantitative estimate of drug-likeness (QED) is 0.689. The minimum absolute atomic E-state index is 0.0192. The van der Waals surface area contributed by atoms with E-state index in [2.05, 4.69) is 21.2 Å². The first-order valence-corrected chi connectivity index (χ1v) is 9.96. The number of rotatable bonds is 6. The number of anilines is 1. The van der Waals surface area contributed by atoms with Gasteiger partial charge >= 0.3 is 0 Å². The SMILES string of the molecule is CCS(=O)(=O)c1ccc(O)c(NC(=O)C(C)Oc2ccc(Br)cc2)c1. The first-order valence-electron chi connectivity index (χ1n) is 7.52. The number of nitrogens with one attached hydrogen (secondary N) is 1. The van der Waals surface area contributed by atoms with Gasteiger partial charge < -0.3 is 15.2 Å². The summed E-state index contributed by atoms with van der Waals surface area (Å²) in [6.07, 6.45) is -0.841. The average molecular weight is 428 g/mol. The molecule has 2 aromatic rings. The van der Waals surface area contributed by atoms with Gasteiger partial charge in [-0.1, -0.05) is 22.9 Å². The van der Waals surface area contributed by atoms with Crippen molar-refractivity contribution in [3.05, 3.63) is 46.9 Å². The normalized spacial score (nSPS) is 12.4. The predicted molar refractivity (Wildman–Crippen MR) is 98.7 cm³/mol. The molecule has 0 aromatic heterocycles. The molecular formula is C17H18BrNO5S. The van der Waals surface area contributed by atoms with Crippen molar-refractivity contribution in [1.29, 1.82) is 0 Å². The van der Waals surface area contributed by atoms with Crippen LogP contribution < -0.4 is 10.1 Å². The summed E-state index contributed by atoms with van der Waals surface area (Å²) in [6.45, 7) is 3.08. The molecule has 0 aliphatic heterocycles. The molecule has 8 heteroatoms. The standard InChI is InChI=1S/C17H18BrNO5S/c1-3-25(22,23)14-8-9-16(20)15(10-14)19-17(21)11(2)24-13-6-4-12(18)5-7-13/h4-11,20H,3H2,1-2H3,(H,19,21). The second-order valence-corrected chi connectivity index (χ2v) is 8.48. The topological polar surface area (TPSA) is 92.7 Å². The van der Waals surface area contributed by atoms with Crippen molar-refractivity contribution in [2.24, 2.45) is 0 Å². The van der Waals surface area contributed by atoms with E-state index in [-0.39, 0.29) is 22.1 Å². The van der Waals surface area contributed by atoms with Crippen molar-refractivity contribution >= 4 is 37.4 Å². The molecular weight excluding hydrogens is 410 g/mol. The van der Waals surface area contributed by atoms with E-state index in [9.17, 15) is 18.3 Å². The molecule has 1 amide bonds. The summed E-state index contributed by atoms with van der Waals surface area (Å²) in [5.41, 5.74) is 0.0192. The van der Waals surface area contributed by atoms with Crippen LogP contribution in [0.1, 0.15) is 13.8 Å². The molecule has 0 saturated carbocycles. The summed E-state index contributed by atoms with van der Waals surface area (Å²) in [6, 6.07) is 10.7. The van der Waals surface area contributed by atoms with Gasteiger partial charge in [-0.15, -0.1) is 0 Å². The van der Waals surface area contributed by atoms with Crippen LogP contribution in [0.2, 0.25) is 0 Å². The highest BCUT2D eigenvalue weighted by molar-refractivity contribution is 9.10. The molecule has 2 rings (SSSR count). The number of amides is 1. The van der Waals surface area contributed by atoms with E-state index in [0.29, 0.717) is 5.75 Å². The number of phenolic OH excluding ortho intramolecular Hbond substituents is 1. The molecule has 2 N–H and O–H groups in total. The Morgan fingerprint density at radius 1 is 1.24 bits per heavy atom. The summed E-state index contributed by atoms with van der Waals surface area (Å²) < 4.78 is 30.3. The zero-order valence-corrected chi connectivity index (χ0v) is 16.1. The Kier molecular flexibility index (Phi) is 6.07. The minimum atomic E-state index is -3.44. The fourth-order valence-corrected chi connectivity index (χ4v) is 3.15. The maximum Gasteiger partial charge on any atom is 0.265 e. The smallest absolute Gasteiger partial charge is 0.265 e. The van der Waals surface area contributed by atoms with Crippen molar-refractivity contribution in [2.75, 3.05) is 11.1 Å². The van der Waals surface area contributed by atoms with E-state index in [1.54, 1.807) is 31.2 Å². The predicted octanol–water partition coefficient (Wildman–Crippen LogP) is 3.35. The van der Waals surface area contributed by atoms with Crippen LogP contribution in [0.5, 0.6) is 11.5 Å². The Hall–Kier alpha value is -2.06. The summed E-state index contributed by atoms with van der Waals surface area (Å²) in [4.78, 5) is 12.3. The van der Waals surface area contributed by atoms with Crippen molar-refractivity contribution in [3.8, 4) is 11.5 Å². The molecule has 0 fully saturated rings. The highest BCUT2D eigenvalue weighted by Crippen LogP contribution is 2.27. The lowest BCUT2D eigenvalue weighted by Crippen LogP contribution is -2.30. The maximum atomic E-state index is 12.3. The van der Waals surface area contributed by atoms with Crippen LogP contribution >= 0.6 is 15.9 Å². The molecule has 1 atom stereocenters. The van der Waals surface area contributed by atoms with Gasteiger partial charge in [-0.25, -0.2) is 8.42 Å². The third-order valence-corrected chi connectivity index (χ3v) is 5.72. The second kappa shape index (κ2) is 7.88. The van der Waals surface area contributed by atoms with Crippen molar-refractivity contribution in [1.82, 2.24) is 0 Å². The van der Waals surface area contributed by atoms with Gasteiger partial charge in [-0.3, -0.25) is 4.79 Å². The van der Waals surface area contributed by atoms with Crippen molar-refractivity contribution < 1.29 is 23.1 Å². The molecule has 0 spiro atoms. The van der Waals surface area contributed by atoms with Crippen LogP contribution in [0.25, 0.3) is 0 Å². The molecule has 6 nitrogen and oxygen atoms in total. The number of carbonyl (C=O) groups is 1. The summed E-state index contributed by atoms with van der Waals surface area (Å²) in [5, 5.41) is 12.4. The number of carbonyl (C=O) groups excluding carboxylic acids is 1. The van der Waals surface area contributed by atoms with Crippen LogP contribution in [0.15, 0.2) is 51.8 Å². The molecule has 25 heavy (non-hydrogen) atoms. The average Bonchev–Trinajstić information content (AvgIpc) is 2.58. The largest absolute Gasteiger partial charge is 0.506 e. The Morgan fingerprint density at radius 2 is 1.88 bits per heavy atom. The number of phenols is 1. The Labute approximate surface area is 154 Å². The fourth-order valence-electron chi connectivity index (χ4n) is 1.98. The lowest BCUT2D eigenvalue weighted by atomic mass is 10.2. The van der Waals surface area contributed by atoms with E-state index in [4.69, 9.17) is 4.74 Å². The monoisotopic (exact) mass is 427 g/mol. The first kappa shape index (κ1) is 19.3. The first-order chi connectivity index (χ1) is 11.7. The van der Waals surface area contributed by atoms with E-state index in [1.807, 2.05) is 0 Å². The summed E-state index contributed by atoms with van der Waals surface area (Å²) in [5.74, 6) is -0.297. The van der Waals surface area contributed by atoms with Gasteiger partial charge in [-0.05, 0) is 49.4 Å². The van der Waals surface area contributed by atoms with Crippen molar-refractivity contribution in [3.63, 3.8) is 0 Å².